The van der Waals surface area contributed by atoms with Gasteiger partial charge < -0.3 is 5.32 Å². The van der Waals surface area contributed by atoms with Crippen molar-refractivity contribution < 1.29 is 4.79 Å². The molecule has 9 heteroatoms. The molecule has 130 valence electrons. The Labute approximate surface area is 148 Å². The number of rotatable bonds is 4. The Kier molecular flexibility index (Phi) is 4.41. The summed E-state index contributed by atoms with van der Waals surface area (Å²) in [6.07, 6.45) is 7.48. The molecule has 0 spiro atoms. The summed E-state index contributed by atoms with van der Waals surface area (Å²) in [6, 6.07) is 2.04. The fourth-order valence-corrected chi connectivity index (χ4v) is 4.22. The Morgan fingerprint density at radius 1 is 1.40 bits per heavy atom. The number of nitrogens with zero attached hydrogens (tertiary/aromatic N) is 6. The highest BCUT2D eigenvalue weighted by molar-refractivity contribution is 7.15. The minimum atomic E-state index is -0.0894. The molecule has 25 heavy (non-hydrogen) atoms. The van der Waals surface area contributed by atoms with Gasteiger partial charge in [0.05, 0.1) is 5.69 Å². The highest BCUT2D eigenvalue weighted by Crippen LogP contribution is 2.28. The molecule has 1 fully saturated rings. The van der Waals surface area contributed by atoms with Crippen LogP contribution in [0.2, 0.25) is 0 Å². The number of nitrogens with one attached hydrogen (secondary N) is 1. The van der Waals surface area contributed by atoms with Gasteiger partial charge in [-0.05, 0) is 25.5 Å². The van der Waals surface area contributed by atoms with E-state index in [0.29, 0.717) is 16.8 Å². The summed E-state index contributed by atoms with van der Waals surface area (Å²) in [7, 11) is 0. The molecule has 1 saturated heterocycles. The molecule has 1 atom stereocenters. The van der Waals surface area contributed by atoms with Crippen LogP contribution in [0.25, 0.3) is 5.78 Å². The minimum Gasteiger partial charge on any atom is -0.302 e. The number of carbonyl (C=O) groups excluding carboxylic acids is 1. The van der Waals surface area contributed by atoms with Gasteiger partial charge in [-0.2, -0.15) is 10.1 Å². The van der Waals surface area contributed by atoms with Crippen molar-refractivity contribution in [3.63, 3.8) is 0 Å². The van der Waals surface area contributed by atoms with E-state index in [9.17, 15) is 4.79 Å². The van der Waals surface area contributed by atoms with Crippen LogP contribution in [0.1, 0.15) is 36.3 Å². The van der Waals surface area contributed by atoms with E-state index in [1.807, 2.05) is 16.8 Å². The summed E-state index contributed by atoms with van der Waals surface area (Å²) >= 11 is 1.53. The molecule has 4 rings (SSSR count). The number of fused-ring (bicyclic) bond motifs is 1. The Morgan fingerprint density at radius 2 is 2.32 bits per heavy atom. The zero-order chi connectivity index (χ0) is 17.2. The van der Waals surface area contributed by atoms with Crippen molar-refractivity contribution >= 4 is 28.2 Å². The molecule has 8 nitrogen and oxygen atoms in total. The van der Waals surface area contributed by atoms with Gasteiger partial charge in [0.2, 0.25) is 5.91 Å². The summed E-state index contributed by atoms with van der Waals surface area (Å²) in [5, 5.41) is 7.71. The van der Waals surface area contributed by atoms with Crippen LogP contribution in [0.5, 0.6) is 0 Å². The van der Waals surface area contributed by atoms with E-state index in [4.69, 9.17) is 0 Å². The number of likely N-dealkylation sites (tertiary alicyclic amines) is 1. The van der Waals surface area contributed by atoms with Crippen molar-refractivity contribution in [2.45, 2.75) is 32.2 Å². The van der Waals surface area contributed by atoms with Gasteiger partial charge >= 0.3 is 0 Å². The highest BCUT2D eigenvalue weighted by Gasteiger charge is 2.24. The van der Waals surface area contributed by atoms with Gasteiger partial charge in [-0.15, -0.1) is 11.3 Å². The molecule has 0 unspecified atom stereocenters. The summed E-state index contributed by atoms with van der Waals surface area (Å²) in [5.74, 6) is 0.967. The average Bonchev–Trinajstić information content (AvgIpc) is 3.23. The Bertz CT molecular complexity index is 889. The molecule has 0 saturated carbocycles. The Morgan fingerprint density at radius 3 is 3.20 bits per heavy atom. The SMILES string of the molecule is CC(=O)Nc1ncc(CN2CCC[C@H](c3ccnc4ncnn34)C2)s1. The largest absolute Gasteiger partial charge is 0.302 e. The quantitative estimate of drug-likeness (QED) is 0.767. The van der Waals surface area contributed by atoms with Gasteiger partial charge in [-0.25, -0.2) is 14.5 Å². The molecular formula is C16H19N7OS. The first kappa shape index (κ1) is 16.1. The topological polar surface area (TPSA) is 88.3 Å². The minimum absolute atomic E-state index is 0.0894. The van der Waals surface area contributed by atoms with Crippen LogP contribution in [0, 0.1) is 0 Å². The number of hydrogen-bond acceptors (Lipinski definition) is 7. The van der Waals surface area contributed by atoms with Gasteiger partial charge in [0.25, 0.3) is 5.78 Å². The third kappa shape index (κ3) is 3.52. The van der Waals surface area contributed by atoms with Crippen LogP contribution in [0.15, 0.2) is 24.8 Å². The molecule has 0 radical (unpaired) electrons. The normalized spacial score (nSPS) is 18.5. The predicted molar refractivity (Wildman–Crippen MR) is 94.5 cm³/mol. The first-order valence-corrected chi connectivity index (χ1v) is 9.10. The van der Waals surface area contributed by atoms with Crippen molar-refractivity contribution in [2.24, 2.45) is 0 Å². The summed E-state index contributed by atoms with van der Waals surface area (Å²) < 4.78 is 1.84. The second-order valence-corrected chi connectivity index (χ2v) is 7.34. The van der Waals surface area contributed by atoms with Gasteiger partial charge in [-0.3, -0.25) is 9.69 Å². The van der Waals surface area contributed by atoms with E-state index in [-0.39, 0.29) is 5.91 Å². The van der Waals surface area contributed by atoms with Crippen LogP contribution >= 0.6 is 11.3 Å². The van der Waals surface area contributed by atoms with Crippen LogP contribution in [-0.4, -0.2) is 48.5 Å². The van der Waals surface area contributed by atoms with Gasteiger partial charge in [-0.1, -0.05) is 0 Å². The van der Waals surface area contributed by atoms with Crippen molar-refractivity contribution in [1.82, 2.24) is 29.5 Å². The molecule has 0 bridgehead atoms. The lowest BCUT2D eigenvalue weighted by molar-refractivity contribution is -0.114. The summed E-state index contributed by atoms with van der Waals surface area (Å²) in [6.45, 7) is 4.37. The molecule has 3 aromatic rings. The molecule has 1 aliphatic rings. The number of piperidine rings is 1. The molecule has 4 heterocycles. The zero-order valence-electron chi connectivity index (χ0n) is 13.9. The number of amides is 1. The third-order valence-corrected chi connectivity index (χ3v) is 5.25. The van der Waals surface area contributed by atoms with E-state index in [2.05, 4.69) is 30.3 Å². The van der Waals surface area contributed by atoms with Crippen molar-refractivity contribution in [3.05, 3.63) is 35.4 Å². The molecule has 1 aliphatic heterocycles. The number of anilines is 1. The predicted octanol–water partition coefficient (Wildman–Crippen LogP) is 1.92. The molecular weight excluding hydrogens is 338 g/mol. The molecule has 0 aromatic carbocycles. The maximum atomic E-state index is 11.1. The van der Waals surface area contributed by atoms with E-state index >= 15 is 0 Å². The van der Waals surface area contributed by atoms with Crippen molar-refractivity contribution in [2.75, 3.05) is 18.4 Å². The van der Waals surface area contributed by atoms with Crippen LogP contribution in [-0.2, 0) is 11.3 Å². The molecule has 0 aliphatic carbocycles. The molecule has 1 N–H and O–H groups in total. The third-order valence-electron chi connectivity index (χ3n) is 4.35. The van der Waals surface area contributed by atoms with E-state index in [1.54, 1.807) is 12.5 Å². The number of aromatic nitrogens is 5. The van der Waals surface area contributed by atoms with E-state index in [0.717, 1.165) is 43.0 Å². The van der Waals surface area contributed by atoms with Crippen LogP contribution in [0.3, 0.4) is 0 Å². The van der Waals surface area contributed by atoms with Gasteiger partial charge in [0.15, 0.2) is 5.13 Å². The maximum Gasteiger partial charge on any atom is 0.252 e. The molecule has 1 amide bonds. The standard InChI is InChI=1S/C16H19N7OS/c1-11(24)21-16-18-7-13(25-16)9-22-6-2-3-12(8-22)14-4-5-17-15-19-10-20-23(14)15/h4-5,7,10,12H,2-3,6,8-9H2,1H3,(H,18,21,24)/t12-/m0/s1. The van der Waals surface area contributed by atoms with Gasteiger partial charge in [0, 0.05) is 43.2 Å². The summed E-state index contributed by atoms with van der Waals surface area (Å²) in [4.78, 5) is 27.4. The maximum absolute atomic E-state index is 11.1. The summed E-state index contributed by atoms with van der Waals surface area (Å²) in [5.41, 5.74) is 1.16. The lowest BCUT2D eigenvalue weighted by Crippen LogP contribution is -2.34. The average molecular weight is 357 g/mol. The van der Waals surface area contributed by atoms with Crippen LogP contribution < -0.4 is 5.32 Å². The Hall–Kier alpha value is -2.39. The van der Waals surface area contributed by atoms with E-state index < -0.39 is 0 Å². The zero-order valence-corrected chi connectivity index (χ0v) is 14.7. The first-order chi connectivity index (χ1) is 12.2. The van der Waals surface area contributed by atoms with Gasteiger partial charge in [0.1, 0.15) is 6.33 Å². The van der Waals surface area contributed by atoms with Crippen LogP contribution in [0.4, 0.5) is 5.13 Å². The van der Waals surface area contributed by atoms with E-state index in [1.165, 1.54) is 18.3 Å². The molecule has 3 aromatic heterocycles. The lowest BCUT2D eigenvalue weighted by atomic mass is 9.94. The monoisotopic (exact) mass is 357 g/mol. The fourth-order valence-electron chi connectivity index (χ4n) is 3.32. The number of thiazole rings is 1. The van der Waals surface area contributed by atoms with Crippen molar-refractivity contribution in [1.29, 1.82) is 0 Å². The second kappa shape index (κ2) is 6.85. The first-order valence-electron chi connectivity index (χ1n) is 8.28. The number of carbonyl (C=O) groups is 1. The second-order valence-electron chi connectivity index (χ2n) is 6.23. The lowest BCUT2D eigenvalue weighted by Gasteiger charge is -2.32. The highest BCUT2D eigenvalue weighted by atomic mass is 32.1. The smallest absolute Gasteiger partial charge is 0.252 e. The van der Waals surface area contributed by atoms with Crippen molar-refractivity contribution in [3.8, 4) is 0 Å². The Balaban J connectivity index is 1.47. The fraction of sp³-hybridized carbons (Fsp3) is 0.438. The number of hydrogen-bond donors (Lipinski definition) is 1.